The highest BCUT2D eigenvalue weighted by Crippen LogP contribution is 2.31. The number of carbonyl (C=O) groups is 1. The van der Waals surface area contributed by atoms with Gasteiger partial charge < -0.3 is 14.8 Å². The Balaban J connectivity index is 1.64. The van der Waals surface area contributed by atoms with E-state index >= 15 is 0 Å². The molecule has 3 heterocycles. The highest BCUT2D eigenvalue weighted by Gasteiger charge is 2.29. The summed E-state index contributed by atoms with van der Waals surface area (Å²) in [5.74, 6) is 0.371. The molecule has 2 aromatic heterocycles. The number of hydrogen-bond acceptors (Lipinski definition) is 4. The van der Waals surface area contributed by atoms with Crippen molar-refractivity contribution in [2.75, 3.05) is 6.54 Å². The number of nitrogens with zero attached hydrogens (tertiary/aromatic N) is 4. The van der Waals surface area contributed by atoms with E-state index < -0.39 is 0 Å². The normalized spacial score (nSPS) is 18.2. The maximum Gasteiger partial charge on any atom is 0.318 e. The summed E-state index contributed by atoms with van der Waals surface area (Å²) in [6, 6.07) is 4.28. The van der Waals surface area contributed by atoms with Crippen LogP contribution in [-0.4, -0.2) is 32.2 Å². The van der Waals surface area contributed by atoms with Crippen LogP contribution in [0.2, 0.25) is 0 Å². The lowest BCUT2D eigenvalue weighted by Crippen LogP contribution is -2.44. The van der Waals surface area contributed by atoms with Crippen LogP contribution in [0.5, 0.6) is 0 Å². The van der Waals surface area contributed by atoms with Gasteiger partial charge in [-0.1, -0.05) is 25.2 Å². The molecule has 2 amide bonds. The molecule has 1 fully saturated rings. The topological polar surface area (TPSA) is 63.1 Å². The van der Waals surface area contributed by atoms with Gasteiger partial charge in [0.05, 0.1) is 12.6 Å². The molecule has 130 valence electrons. The Bertz CT molecular complexity index is 693. The first-order chi connectivity index (χ1) is 11.6. The molecular weight excluding hydrogens is 322 g/mol. The zero-order chi connectivity index (χ0) is 17.1. The number of likely N-dealkylation sites (tertiary alicyclic amines) is 1. The number of piperidine rings is 1. The molecule has 1 N–H and O–H groups in total. The third-order valence-corrected chi connectivity index (χ3v) is 5.68. The van der Waals surface area contributed by atoms with Crippen LogP contribution < -0.4 is 5.32 Å². The zero-order valence-electron chi connectivity index (χ0n) is 14.5. The first-order valence-electron chi connectivity index (χ1n) is 8.54. The van der Waals surface area contributed by atoms with Gasteiger partial charge in [0.2, 0.25) is 0 Å². The summed E-state index contributed by atoms with van der Waals surface area (Å²) in [6.45, 7) is 5.44. The number of hydrogen-bond donors (Lipinski definition) is 1. The second-order valence-electron chi connectivity index (χ2n) is 6.60. The zero-order valence-corrected chi connectivity index (χ0v) is 15.3. The van der Waals surface area contributed by atoms with E-state index in [2.05, 4.69) is 40.0 Å². The van der Waals surface area contributed by atoms with Crippen LogP contribution in [0.4, 0.5) is 4.79 Å². The minimum Gasteiger partial charge on any atom is -0.353 e. The Labute approximate surface area is 146 Å². The third-order valence-electron chi connectivity index (χ3n) is 4.46. The molecule has 0 aliphatic carbocycles. The lowest BCUT2D eigenvalue weighted by atomic mass is 10.00. The van der Waals surface area contributed by atoms with Gasteiger partial charge in [0.1, 0.15) is 10.0 Å². The summed E-state index contributed by atoms with van der Waals surface area (Å²) < 4.78 is 2.11. The highest BCUT2D eigenvalue weighted by atomic mass is 32.1. The number of carbonyl (C=O) groups excluding carboxylic acids is 1. The Morgan fingerprint density at radius 1 is 1.42 bits per heavy atom. The predicted octanol–water partition coefficient (Wildman–Crippen LogP) is 3.44. The van der Waals surface area contributed by atoms with Crippen molar-refractivity contribution in [1.29, 1.82) is 0 Å². The van der Waals surface area contributed by atoms with Crippen molar-refractivity contribution in [3.8, 4) is 0 Å². The Hall–Kier alpha value is -1.89. The van der Waals surface area contributed by atoms with Crippen LogP contribution in [0.3, 0.4) is 0 Å². The van der Waals surface area contributed by atoms with Gasteiger partial charge in [-0.2, -0.15) is 0 Å². The van der Waals surface area contributed by atoms with E-state index in [1.165, 1.54) is 5.69 Å². The highest BCUT2D eigenvalue weighted by molar-refractivity contribution is 7.11. The standard InChI is InChI=1S/C17H25N5OS/c1-12(2)16-20-19-15(24-16)11-18-17(23)22-10-5-4-7-14(22)13-8-6-9-21(13)3/h6,8-9,12,14H,4-5,7,10-11H2,1-3H3,(H,18,23). The fourth-order valence-electron chi connectivity index (χ4n) is 3.13. The van der Waals surface area contributed by atoms with E-state index in [0.717, 1.165) is 35.8 Å². The van der Waals surface area contributed by atoms with E-state index in [1.807, 2.05) is 24.2 Å². The summed E-state index contributed by atoms with van der Waals surface area (Å²) in [7, 11) is 2.04. The lowest BCUT2D eigenvalue weighted by Gasteiger charge is -2.36. The number of urea groups is 1. The van der Waals surface area contributed by atoms with E-state index in [-0.39, 0.29) is 12.1 Å². The van der Waals surface area contributed by atoms with Crippen molar-refractivity contribution in [2.24, 2.45) is 7.05 Å². The SMILES string of the molecule is CC(C)c1nnc(CNC(=O)N2CCCCC2c2cccn2C)s1. The molecule has 1 aliphatic rings. The molecule has 0 radical (unpaired) electrons. The van der Waals surface area contributed by atoms with E-state index in [1.54, 1.807) is 11.3 Å². The third kappa shape index (κ3) is 3.61. The fourth-order valence-corrected chi connectivity index (χ4v) is 3.91. The van der Waals surface area contributed by atoms with Crippen LogP contribution in [-0.2, 0) is 13.6 Å². The van der Waals surface area contributed by atoms with Gasteiger partial charge in [0, 0.05) is 31.4 Å². The molecule has 2 aromatic rings. The minimum absolute atomic E-state index is 0.0119. The van der Waals surface area contributed by atoms with Crippen molar-refractivity contribution in [2.45, 2.75) is 51.6 Å². The number of amides is 2. The molecule has 3 rings (SSSR count). The summed E-state index contributed by atoms with van der Waals surface area (Å²) in [5.41, 5.74) is 1.20. The molecule has 1 atom stereocenters. The monoisotopic (exact) mass is 347 g/mol. The second-order valence-corrected chi connectivity index (χ2v) is 7.69. The maximum absolute atomic E-state index is 12.7. The van der Waals surface area contributed by atoms with Crippen molar-refractivity contribution in [3.63, 3.8) is 0 Å². The first-order valence-corrected chi connectivity index (χ1v) is 9.36. The first kappa shape index (κ1) is 17.0. The summed E-state index contributed by atoms with van der Waals surface area (Å²) in [5, 5.41) is 13.2. The number of nitrogens with one attached hydrogen (secondary N) is 1. The minimum atomic E-state index is -0.0119. The molecule has 1 saturated heterocycles. The van der Waals surface area contributed by atoms with E-state index in [0.29, 0.717) is 12.5 Å². The Kier molecular flexibility index (Phi) is 5.18. The summed E-state index contributed by atoms with van der Waals surface area (Å²) in [6.07, 6.45) is 5.27. The number of aryl methyl sites for hydroxylation is 1. The second kappa shape index (κ2) is 7.34. The average molecular weight is 347 g/mol. The molecule has 7 heteroatoms. The van der Waals surface area contributed by atoms with Crippen LogP contribution in [0.1, 0.15) is 60.8 Å². The summed E-state index contributed by atoms with van der Waals surface area (Å²) >= 11 is 1.57. The van der Waals surface area contributed by atoms with E-state index in [4.69, 9.17) is 0 Å². The molecule has 0 bridgehead atoms. The molecule has 0 spiro atoms. The molecule has 24 heavy (non-hydrogen) atoms. The van der Waals surface area contributed by atoms with Gasteiger partial charge in [-0.25, -0.2) is 4.79 Å². The molecule has 1 unspecified atom stereocenters. The van der Waals surface area contributed by atoms with Crippen LogP contribution >= 0.6 is 11.3 Å². The Morgan fingerprint density at radius 3 is 2.92 bits per heavy atom. The van der Waals surface area contributed by atoms with Gasteiger partial charge in [-0.3, -0.25) is 0 Å². The van der Waals surface area contributed by atoms with Gasteiger partial charge >= 0.3 is 6.03 Å². The van der Waals surface area contributed by atoms with Crippen molar-refractivity contribution < 1.29 is 4.79 Å². The van der Waals surface area contributed by atoms with Crippen molar-refractivity contribution >= 4 is 17.4 Å². The molecule has 0 aromatic carbocycles. The van der Waals surface area contributed by atoms with Crippen molar-refractivity contribution in [1.82, 2.24) is 25.0 Å². The number of aromatic nitrogens is 3. The van der Waals surface area contributed by atoms with Gasteiger partial charge in [0.25, 0.3) is 0 Å². The van der Waals surface area contributed by atoms with Crippen molar-refractivity contribution in [3.05, 3.63) is 34.0 Å². The van der Waals surface area contributed by atoms with Crippen LogP contribution in [0.15, 0.2) is 18.3 Å². The van der Waals surface area contributed by atoms with Gasteiger partial charge in [-0.15, -0.1) is 10.2 Å². The van der Waals surface area contributed by atoms with Gasteiger partial charge in [-0.05, 0) is 31.4 Å². The predicted molar refractivity (Wildman–Crippen MR) is 94.9 cm³/mol. The quantitative estimate of drug-likeness (QED) is 0.921. The largest absolute Gasteiger partial charge is 0.353 e. The Morgan fingerprint density at radius 2 is 2.25 bits per heavy atom. The smallest absolute Gasteiger partial charge is 0.318 e. The number of rotatable bonds is 4. The average Bonchev–Trinajstić information content (AvgIpc) is 3.21. The fraction of sp³-hybridized carbons (Fsp3) is 0.588. The lowest BCUT2D eigenvalue weighted by molar-refractivity contribution is 0.148. The molecule has 0 saturated carbocycles. The van der Waals surface area contributed by atoms with Gasteiger partial charge in [0.15, 0.2) is 0 Å². The summed E-state index contributed by atoms with van der Waals surface area (Å²) in [4.78, 5) is 14.7. The van der Waals surface area contributed by atoms with E-state index in [9.17, 15) is 4.79 Å². The molecule has 6 nitrogen and oxygen atoms in total. The van der Waals surface area contributed by atoms with Crippen LogP contribution in [0.25, 0.3) is 0 Å². The molecule has 1 aliphatic heterocycles. The van der Waals surface area contributed by atoms with Crippen LogP contribution in [0, 0.1) is 0 Å². The molecular formula is C17H25N5OS. The maximum atomic E-state index is 12.7.